The quantitative estimate of drug-likeness (QED) is 0.798. The fraction of sp³-hybridized carbons (Fsp3) is 0.429. The number of halogens is 5. The largest absolute Gasteiger partial charge is 0.422 e. The van der Waals surface area contributed by atoms with Crippen LogP contribution in [0.15, 0.2) is 12.1 Å². The molecule has 0 bridgehead atoms. The number of urea groups is 1. The maximum absolute atomic E-state index is 13.5. The van der Waals surface area contributed by atoms with E-state index in [1.807, 2.05) is 0 Å². The van der Waals surface area contributed by atoms with Gasteiger partial charge in [-0.1, -0.05) is 0 Å². The van der Waals surface area contributed by atoms with Gasteiger partial charge in [-0.3, -0.25) is 9.69 Å². The summed E-state index contributed by atoms with van der Waals surface area (Å²) < 4.78 is 64.5. The zero-order valence-electron chi connectivity index (χ0n) is 12.9. The lowest BCUT2D eigenvalue weighted by Crippen LogP contribution is -2.51. The fourth-order valence-corrected chi connectivity index (χ4v) is 2.45. The first kappa shape index (κ1) is 18.9. The van der Waals surface area contributed by atoms with Crippen LogP contribution in [0, 0.1) is 11.6 Å². The van der Waals surface area contributed by atoms with E-state index in [0.29, 0.717) is 25.2 Å². The summed E-state index contributed by atoms with van der Waals surface area (Å²) in [7, 11) is 0. The number of anilines is 1. The SMILES string of the molecule is NC(=O)CN1CCN(C(=O)Nc2cc(F)c(C(F)(F)F)c(F)c2)CC1. The third-order valence-corrected chi connectivity index (χ3v) is 3.62. The van der Waals surface area contributed by atoms with E-state index in [1.54, 1.807) is 4.90 Å². The van der Waals surface area contributed by atoms with Crippen LogP contribution in [0.4, 0.5) is 32.4 Å². The maximum atomic E-state index is 13.5. The number of piperazine rings is 1. The number of nitrogens with one attached hydrogen (secondary N) is 1. The smallest absolute Gasteiger partial charge is 0.369 e. The normalized spacial score (nSPS) is 16.0. The number of carbonyl (C=O) groups excluding carboxylic acids is 2. The first-order chi connectivity index (χ1) is 11.6. The van der Waals surface area contributed by atoms with Gasteiger partial charge < -0.3 is 16.0 Å². The molecule has 1 heterocycles. The van der Waals surface area contributed by atoms with Gasteiger partial charge in [0.05, 0.1) is 6.54 Å². The molecule has 6 nitrogen and oxygen atoms in total. The molecular weight excluding hydrogens is 351 g/mol. The number of rotatable bonds is 3. The number of primary amides is 1. The molecular formula is C14H15F5N4O2. The molecule has 3 N–H and O–H groups in total. The van der Waals surface area contributed by atoms with E-state index in [-0.39, 0.29) is 19.6 Å². The Balaban J connectivity index is 2.01. The van der Waals surface area contributed by atoms with Crippen LogP contribution < -0.4 is 11.1 Å². The monoisotopic (exact) mass is 366 g/mol. The van der Waals surface area contributed by atoms with Crippen LogP contribution in [0.25, 0.3) is 0 Å². The number of hydrogen-bond acceptors (Lipinski definition) is 3. The maximum Gasteiger partial charge on any atom is 0.422 e. The highest BCUT2D eigenvalue weighted by Crippen LogP contribution is 2.34. The van der Waals surface area contributed by atoms with Crippen molar-refractivity contribution in [3.63, 3.8) is 0 Å². The molecule has 1 aromatic rings. The summed E-state index contributed by atoms with van der Waals surface area (Å²) in [6.07, 6.45) is -5.17. The molecule has 1 aliphatic rings. The van der Waals surface area contributed by atoms with Crippen LogP contribution in [0.1, 0.15) is 5.56 Å². The van der Waals surface area contributed by atoms with Gasteiger partial charge in [0.1, 0.15) is 17.2 Å². The number of amides is 3. The van der Waals surface area contributed by atoms with Crippen molar-refractivity contribution in [2.45, 2.75) is 6.18 Å². The van der Waals surface area contributed by atoms with E-state index in [9.17, 15) is 31.5 Å². The fourth-order valence-electron chi connectivity index (χ4n) is 2.45. The summed E-state index contributed by atoms with van der Waals surface area (Å²) in [5.74, 6) is -4.13. The average Bonchev–Trinajstić information content (AvgIpc) is 2.44. The van der Waals surface area contributed by atoms with Gasteiger partial charge in [0.25, 0.3) is 0 Å². The zero-order valence-corrected chi connectivity index (χ0v) is 12.9. The van der Waals surface area contributed by atoms with Gasteiger partial charge in [0, 0.05) is 31.9 Å². The van der Waals surface area contributed by atoms with Crippen LogP contribution in [0.2, 0.25) is 0 Å². The molecule has 0 radical (unpaired) electrons. The van der Waals surface area contributed by atoms with Gasteiger partial charge in [0.2, 0.25) is 5.91 Å². The van der Waals surface area contributed by atoms with Gasteiger partial charge in [-0.25, -0.2) is 13.6 Å². The highest BCUT2D eigenvalue weighted by atomic mass is 19.4. The molecule has 0 atom stereocenters. The van der Waals surface area contributed by atoms with Crippen molar-refractivity contribution < 1.29 is 31.5 Å². The predicted molar refractivity (Wildman–Crippen MR) is 77.6 cm³/mol. The summed E-state index contributed by atoms with van der Waals surface area (Å²) in [6, 6.07) is 0.109. The summed E-state index contributed by atoms with van der Waals surface area (Å²) >= 11 is 0. The Labute approximate surface area is 139 Å². The molecule has 138 valence electrons. The molecule has 3 amide bonds. The lowest BCUT2D eigenvalue weighted by Gasteiger charge is -2.33. The molecule has 1 aliphatic heterocycles. The second-order valence-electron chi connectivity index (χ2n) is 5.47. The van der Waals surface area contributed by atoms with Crippen LogP contribution >= 0.6 is 0 Å². The Morgan fingerprint density at radius 2 is 1.60 bits per heavy atom. The number of benzene rings is 1. The van der Waals surface area contributed by atoms with E-state index >= 15 is 0 Å². The van der Waals surface area contributed by atoms with Gasteiger partial charge in [-0.15, -0.1) is 0 Å². The molecule has 25 heavy (non-hydrogen) atoms. The minimum absolute atomic E-state index is 0.0464. The van der Waals surface area contributed by atoms with Crippen molar-refractivity contribution in [3.05, 3.63) is 29.3 Å². The van der Waals surface area contributed by atoms with E-state index in [0.717, 1.165) is 0 Å². The molecule has 1 saturated heterocycles. The van der Waals surface area contributed by atoms with Gasteiger partial charge in [0.15, 0.2) is 0 Å². The van der Waals surface area contributed by atoms with E-state index in [2.05, 4.69) is 5.32 Å². The highest BCUT2D eigenvalue weighted by molar-refractivity contribution is 5.89. The topological polar surface area (TPSA) is 78.7 Å². The Hall–Kier alpha value is -2.43. The van der Waals surface area contributed by atoms with Gasteiger partial charge >= 0.3 is 12.2 Å². The Kier molecular flexibility index (Phi) is 5.45. The van der Waals surface area contributed by atoms with Crippen LogP contribution in [-0.4, -0.2) is 54.5 Å². The van der Waals surface area contributed by atoms with Gasteiger partial charge in [-0.05, 0) is 12.1 Å². The number of hydrogen-bond donors (Lipinski definition) is 2. The van der Waals surface area contributed by atoms with Crippen molar-refractivity contribution in [1.82, 2.24) is 9.80 Å². The Bertz CT molecular complexity index is 649. The highest BCUT2D eigenvalue weighted by Gasteiger charge is 2.38. The molecule has 11 heteroatoms. The van der Waals surface area contributed by atoms with Crippen molar-refractivity contribution in [1.29, 1.82) is 0 Å². The molecule has 0 unspecified atom stereocenters. The Morgan fingerprint density at radius 1 is 1.08 bits per heavy atom. The summed E-state index contributed by atoms with van der Waals surface area (Å²) in [6.45, 7) is 1.23. The molecule has 0 aliphatic carbocycles. The lowest BCUT2D eigenvalue weighted by molar-refractivity contribution is -0.142. The summed E-state index contributed by atoms with van der Waals surface area (Å²) in [4.78, 5) is 25.9. The Morgan fingerprint density at radius 3 is 2.04 bits per heavy atom. The average molecular weight is 366 g/mol. The standard InChI is InChI=1S/C14H15F5N4O2/c15-9-5-8(6-10(16)12(9)14(17,18)19)21-13(25)23-3-1-22(2-4-23)7-11(20)24/h5-6H,1-4,7H2,(H2,20,24)(H,21,25). The summed E-state index contributed by atoms with van der Waals surface area (Å²) in [5.41, 5.74) is 2.63. The number of nitrogens with two attached hydrogens (primary N) is 1. The van der Waals surface area contributed by atoms with Crippen molar-refractivity contribution in [3.8, 4) is 0 Å². The number of nitrogens with zero attached hydrogens (tertiary/aromatic N) is 2. The minimum Gasteiger partial charge on any atom is -0.369 e. The van der Waals surface area contributed by atoms with E-state index in [4.69, 9.17) is 5.73 Å². The second kappa shape index (κ2) is 7.21. The predicted octanol–water partition coefficient (Wildman–Crippen LogP) is 1.62. The van der Waals surface area contributed by atoms with Crippen LogP contribution in [0.5, 0.6) is 0 Å². The van der Waals surface area contributed by atoms with Gasteiger partial charge in [-0.2, -0.15) is 13.2 Å². The summed E-state index contributed by atoms with van der Waals surface area (Å²) in [5, 5.41) is 2.16. The molecule has 0 spiro atoms. The number of alkyl halides is 3. The van der Waals surface area contributed by atoms with Crippen LogP contribution in [-0.2, 0) is 11.0 Å². The van der Waals surface area contributed by atoms with E-state index < -0.39 is 41.0 Å². The lowest BCUT2D eigenvalue weighted by atomic mass is 10.1. The third kappa shape index (κ3) is 4.78. The molecule has 2 rings (SSSR count). The zero-order chi connectivity index (χ0) is 18.8. The molecule has 1 aromatic carbocycles. The van der Waals surface area contributed by atoms with Crippen molar-refractivity contribution in [2.24, 2.45) is 5.73 Å². The minimum atomic E-state index is -5.17. The van der Waals surface area contributed by atoms with Crippen molar-refractivity contribution >= 4 is 17.6 Å². The first-order valence-corrected chi connectivity index (χ1v) is 7.20. The molecule has 1 fully saturated rings. The molecule has 0 aromatic heterocycles. The second-order valence-corrected chi connectivity index (χ2v) is 5.47. The molecule has 0 saturated carbocycles. The van der Waals surface area contributed by atoms with Crippen LogP contribution in [0.3, 0.4) is 0 Å². The third-order valence-electron chi connectivity index (χ3n) is 3.62. The van der Waals surface area contributed by atoms with Crippen molar-refractivity contribution in [2.75, 3.05) is 38.0 Å². The number of carbonyl (C=O) groups is 2. The van der Waals surface area contributed by atoms with E-state index in [1.165, 1.54) is 4.90 Å². The first-order valence-electron chi connectivity index (χ1n) is 7.20.